The highest BCUT2D eigenvalue weighted by atomic mass is 32.2. The fourth-order valence-electron chi connectivity index (χ4n) is 3.02. The first kappa shape index (κ1) is 18.5. The van der Waals surface area contributed by atoms with Crippen LogP contribution in [0.15, 0.2) is 35.2 Å². The second-order valence-electron chi connectivity index (χ2n) is 6.05. The van der Waals surface area contributed by atoms with Crippen molar-refractivity contribution in [2.24, 2.45) is 5.73 Å². The maximum atomic E-state index is 14.3. The number of ether oxygens (including phenoxy) is 1. The van der Waals surface area contributed by atoms with Crippen LogP contribution in [-0.4, -0.2) is 17.5 Å². The molecule has 1 aliphatic rings. The summed E-state index contributed by atoms with van der Waals surface area (Å²) in [7, 11) is -0.336. The van der Waals surface area contributed by atoms with E-state index in [-0.39, 0.29) is 27.5 Å². The van der Waals surface area contributed by atoms with E-state index in [1.54, 1.807) is 12.1 Å². The van der Waals surface area contributed by atoms with Gasteiger partial charge in [0.2, 0.25) is 0 Å². The van der Waals surface area contributed by atoms with Crippen molar-refractivity contribution >= 4 is 15.9 Å². The van der Waals surface area contributed by atoms with Crippen LogP contribution in [0.2, 0.25) is 0 Å². The summed E-state index contributed by atoms with van der Waals surface area (Å²) < 4.78 is 47.9. The summed E-state index contributed by atoms with van der Waals surface area (Å²) >= 11 is 0. The van der Waals surface area contributed by atoms with Crippen LogP contribution in [-0.2, 0) is 6.42 Å². The summed E-state index contributed by atoms with van der Waals surface area (Å²) in [5, 5.41) is 10.9. The number of nitrogens with zero attached hydrogens (tertiary/aromatic N) is 1. The van der Waals surface area contributed by atoms with Crippen LogP contribution >= 0.6 is 10.5 Å². The Kier molecular flexibility index (Phi) is 4.82. The largest absolute Gasteiger partial charge is 0.457 e. The smallest absolute Gasteiger partial charge is 0.271 e. The molecule has 0 saturated heterocycles. The minimum Gasteiger partial charge on any atom is -0.457 e. The number of alkyl halides is 2. The molecule has 0 aliphatic heterocycles. The molecule has 0 fully saturated rings. The minimum absolute atomic E-state index is 0.0813. The molecule has 2 aromatic rings. The lowest BCUT2D eigenvalue weighted by atomic mass is 10.1. The van der Waals surface area contributed by atoms with Crippen LogP contribution in [0.3, 0.4) is 0 Å². The van der Waals surface area contributed by atoms with Crippen LogP contribution in [0.4, 0.5) is 13.2 Å². The highest BCUT2D eigenvalue weighted by Gasteiger charge is 2.48. The van der Waals surface area contributed by atoms with Gasteiger partial charge in [-0.25, -0.2) is 13.2 Å². The first-order chi connectivity index (χ1) is 12.3. The summed E-state index contributed by atoms with van der Waals surface area (Å²) in [6, 6.07) is 7.30. The summed E-state index contributed by atoms with van der Waals surface area (Å²) in [6.45, 7) is 1.87. The van der Waals surface area contributed by atoms with Crippen molar-refractivity contribution in [1.29, 1.82) is 5.26 Å². The maximum Gasteiger partial charge on any atom is 0.271 e. The molecule has 7 heteroatoms. The Labute approximate surface area is 152 Å². The lowest BCUT2D eigenvalue weighted by molar-refractivity contribution is -0.0140. The molecule has 136 valence electrons. The first-order valence-corrected chi connectivity index (χ1v) is 9.58. The molecule has 0 radical (unpaired) electrons. The molecule has 0 heterocycles. The van der Waals surface area contributed by atoms with Crippen molar-refractivity contribution < 1.29 is 17.9 Å². The number of benzene rings is 2. The molecule has 1 aliphatic carbocycles. The Morgan fingerprint density at radius 2 is 2.08 bits per heavy atom. The van der Waals surface area contributed by atoms with E-state index in [2.05, 4.69) is 0 Å². The van der Waals surface area contributed by atoms with Crippen LogP contribution < -0.4 is 10.5 Å². The fraction of sp³-hybridized carbons (Fsp3) is 0.263. The zero-order chi connectivity index (χ0) is 19.1. The van der Waals surface area contributed by atoms with Crippen molar-refractivity contribution in [2.45, 2.75) is 30.2 Å². The van der Waals surface area contributed by atoms with Crippen LogP contribution in [0.25, 0.3) is 0 Å². The van der Waals surface area contributed by atoms with Gasteiger partial charge in [-0.3, -0.25) is 0 Å². The van der Waals surface area contributed by atoms with E-state index in [1.807, 2.05) is 24.6 Å². The van der Waals surface area contributed by atoms with E-state index < -0.39 is 24.2 Å². The van der Waals surface area contributed by atoms with Crippen LogP contribution in [0.1, 0.15) is 29.7 Å². The highest BCUT2D eigenvalue weighted by molar-refractivity contribution is 8.14. The fourth-order valence-corrected chi connectivity index (χ4v) is 4.15. The maximum absolute atomic E-state index is 14.3. The average Bonchev–Trinajstić information content (AvgIpc) is 2.84. The number of fused-ring (bicyclic) bond motifs is 1. The van der Waals surface area contributed by atoms with Gasteiger partial charge < -0.3 is 10.5 Å². The Bertz CT molecular complexity index is 951. The van der Waals surface area contributed by atoms with E-state index in [4.69, 9.17) is 15.7 Å². The van der Waals surface area contributed by atoms with Gasteiger partial charge in [-0.15, -0.1) is 0 Å². The van der Waals surface area contributed by atoms with Gasteiger partial charge in [-0.2, -0.15) is 15.7 Å². The molecule has 0 amide bonds. The van der Waals surface area contributed by atoms with E-state index in [0.717, 1.165) is 17.0 Å². The van der Waals surface area contributed by atoms with Gasteiger partial charge in [-0.1, -0.05) is 5.37 Å². The highest BCUT2D eigenvalue weighted by Crippen LogP contribution is 2.50. The van der Waals surface area contributed by atoms with Gasteiger partial charge in [0.25, 0.3) is 5.92 Å². The number of nitrogens with two attached hydrogens (primary N) is 1. The number of rotatable bonds is 3. The van der Waals surface area contributed by atoms with Crippen molar-refractivity contribution in [2.75, 3.05) is 6.26 Å². The molecule has 0 aromatic heterocycles. The third kappa shape index (κ3) is 3.22. The molecule has 0 saturated carbocycles. The van der Waals surface area contributed by atoms with Crippen molar-refractivity contribution in [3.63, 3.8) is 0 Å². The zero-order valence-corrected chi connectivity index (χ0v) is 15.0. The van der Waals surface area contributed by atoms with Gasteiger partial charge in [0.1, 0.15) is 17.3 Å². The molecular formula is C19H17F3N2OS. The third-order valence-electron chi connectivity index (χ3n) is 4.38. The number of hydrogen-bond donors (Lipinski definition) is 1. The summed E-state index contributed by atoms with van der Waals surface area (Å²) in [6.07, 6.45) is 1.40. The molecule has 1 unspecified atom stereocenters. The normalized spacial score (nSPS) is 19.0. The lowest BCUT2D eigenvalue weighted by Crippen LogP contribution is -2.29. The molecule has 3 rings (SSSR count). The Morgan fingerprint density at radius 1 is 1.35 bits per heavy atom. The molecule has 2 aromatic carbocycles. The number of halogens is 3. The standard InChI is InChI=1S/C19H17F3N2OS/c1-3-26(2)16-5-4-15(14-9-19(21,22)18(24)17(14)16)25-13-7-11(10-23)6-12(20)8-13/h3-8,18H,9,24H2,1-2H3/t18-,26?/m1/s1. The predicted molar refractivity (Wildman–Crippen MR) is 96.7 cm³/mol. The quantitative estimate of drug-likeness (QED) is 0.784. The van der Waals surface area contributed by atoms with Gasteiger partial charge in [0.15, 0.2) is 0 Å². The summed E-state index contributed by atoms with van der Waals surface area (Å²) in [5.74, 6) is -3.42. The van der Waals surface area contributed by atoms with Crippen molar-refractivity contribution in [3.05, 3.63) is 52.8 Å². The molecule has 26 heavy (non-hydrogen) atoms. The topological polar surface area (TPSA) is 59.0 Å². The lowest BCUT2D eigenvalue weighted by Gasteiger charge is -2.18. The number of hydrogen-bond acceptors (Lipinski definition) is 3. The average molecular weight is 378 g/mol. The summed E-state index contributed by atoms with van der Waals surface area (Å²) in [4.78, 5) is 0.761. The van der Waals surface area contributed by atoms with Crippen molar-refractivity contribution in [1.82, 2.24) is 0 Å². The van der Waals surface area contributed by atoms with Gasteiger partial charge >= 0.3 is 0 Å². The SMILES string of the molecule is C/C=S(\C)c1ccc(Oc2cc(F)cc(C#N)c2)c2c1[C@@H](N)C(F)(F)C2. The van der Waals surface area contributed by atoms with Gasteiger partial charge in [0.05, 0.1) is 17.7 Å². The van der Waals surface area contributed by atoms with Crippen molar-refractivity contribution in [3.8, 4) is 17.6 Å². The van der Waals surface area contributed by atoms with Crippen LogP contribution in [0.5, 0.6) is 11.5 Å². The molecular weight excluding hydrogens is 361 g/mol. The molecule has 2 N–H and O–H groups in total. The second-order valence-corrected chi connectivity index (χ2v) is 8.08. The van der Waals surface area contributed by atoms with E-state index in [1.165, 1.54) is 6.07 Å². The van der Waals surface area contributed by atoms with E-state index in [0.29, 0.717) is 11.1 Å². The van der Waals surface area contributed by atoms with E-state index in [9.17, 15) is 13.2 Å². The Morgan fingerprint density at radius 3 is 2.73 bits per heavy atom. The number of nitriles is 1. The molecule has 0 bridgehead atoms. The molecule has 2 atom stereocenters. The predicted octanol–water partition coefficient (Wildman–Crippen LogP) is 4.76. The Balaban J connectivity index is 2.11. The monoisotopic (exact) mass is 378 g/mol. The molecule has 0 spiro atoms. The first-order valence-electron chi connectivity index (χ1n) is 7.88. The Hall–Kier alpha value is -2.30. The third-order valence-corrected chi connectivity index (χ3v) is 6.14. The zero-order valence-electron chi connectivity index (χ0n) is 14.2. The minimum atomic E-state index is -3.08. The molecule has 3 nitrogen and oxygen atoms in total. The summed E-state index contributed by atoms with van der Waals surface area (Å²) in [5.41, 5.74) is 6.65. The van der Waals surface area contributed by atoms with Gasteiger partial charge in [0, 0.05) is 22.9 Å². The van der Waals surface area contributed by atoms with Crippen LogP contribution in [0, 0.1) is 17.1 Å². The second kappa shape index (κ2) is 6.78. The van der Waals surface area contributed by atoms with E-state index >= 15 is 0 Å². The van der Waals surface area contributed by atoms with Gasteiger partial charge in [-0.05, 0) is 43.0 Å².